The van der Waals surface area contributed by atoms with Crippen molar-refractivity contribution >= 4 is 72.7 Å². The number of carboxylic acids is 1. The number of amides is 1. The molecule has 0 radical (unpaired) electrons. The summed E-state index contributed by atoms with van der Waals surface area (Å²) in [6.07, 6.45) is 8.20. The number of carbonyl (C=O) groups excluding carboxylic acids is 1. The molecule has 10 aromatic rings. The Morgan fingerprint density at radius 2 is 1.08 bits per heavy atom. The number of carboxylic acid groups (broad SMARTS) is 1. The number of fused-ring (bicyclic) bond motifs is 4. The van der Waals surface area contributed by atoms with Gasteiger partial charge in [-0.05, 0) is 101 Å². The maximum Gasteiger partial charge on any atom is 0.337 e. The van der Waals surface area contributed by atoms with Gasteiger partial charge in [-0.15, -0.1) is 0 Å². The lowest BCUT2D eigenvalue weighted by Crippen LogP contribution is -2.44. The maximum atomic E-state index is 13.2. The Kier molecular flexibility index (Phi) is 15.1. The molecule has 3 aromatic heterocycles. The second-order valence-electron chi connectivity index (χ2n) is 17.5. The smallest absolute Gasteiger partial charge is 0.337 e. The number of anilines is 3. The Morgan fingerprint density at radius 1 is 0.569 bits per heavy atom. The topological polar surface area (TPSA) is 167 Å². The molecule has 0 bridgehead atoms. The predicted octanol–water partition coefficient (Wildman–Crippen LogP) is 11.1. The van der Waals surface area contributed by atoms with Gasteiger partial charge in [0.25, 0.3) is 5.91 Å². The van der Waals surface area contributed by atoms with Crippen LogP contribution in [0.5, 0.6) is 0 Å². The van der Waals surface area contributed by atoms with Gasteiger partial charge in [-0.2, -0.15) is 0 Å². The highest BCUT2D eigenvalue weighted by Crippen LogP contribution is 2.35. The fourth-order valence-electron chi connectivity index (χ4n) is 9.06. The van der Waals surface area contributed by atoms with Gasteiger partial charge in [-0.1, -0.05) is 117 Å². The second-order valence-corrected chi connectivity index (χ2v) is 17.5. The van der Waals surface area contributed by atoms with Crippen molar-refractivity contribution in [3.05, 3.63) is 193 Å². The summed E-state index contributed by atoms with van der Waals surface area (Å²) in [5.74, 6) is -0.752. The SMILES string of the molecule is CCN(CC)Cc1ccc(NC(=O)c2ccc(-c3cccc4ccccc34)c3nccnc23)nc1.CN1CCN(c2ccc(N)cc2)CC1.O=C(O)c1ccc(-c2cccc3ccccc23)c2nccnc12. The van der Waals surface area contributed by atoms with E-state index in [-0.39, 0.29) is 11.5 Å². The molecule has 1 fully saturated rings. The van der Waals surface area contributed by atoms with E-state index in [9.17, 15) is 14.7 Å². The fourth-order valence-corrected chi connectivity index (χ4v) is 9.06. The fraction of sp³-hybridized carbons (Fsp3) is 0.169. The third-order valence-electron chi connectivity index (χ3n) is 13.0. The molecule has 0 aliphatic carbocycles. The Morgan fingerprint density at radius 3 is 1.61 bits per heavy atom. The molecule has 13 nitrogen and oxygen atoms in total. The van der Waals surface area contributed by atoms with Gasteiger partial charge in [-0.3, -0.25) is 29.6 Å². The average Bonchev–Trinajstić information content (AvgIpc) is 3.42. The molecule has 11 rings (SSSR count). The summed E-state index contributed by atoms with van der Waals surface area (Å²) in [5.41, 5.74) is 15.7. The number of rotatable bonds is 10. The highest BCUT2D eigenvalue weighted by Gasteiger charge is 2.19. The van der Waals surface area contributed by atoms with Crippen LogP contribution in [-0.2, 0) is 6.54 Å². The van der Waals surface area contributed by atoms with E-state index in [1.807, 2.05) is 91.1 Å². The standard InChI is InChI=1S/C29H27N5O.C19H12N2O2.C11H17N3/c1-3-34(4-2)19-20-12-15-26(32-18-20)33-29(35)25-14-13-24(27-28(25)31-17-16-30-27)23-11-7-9-21-8-5-6-10-22(21)23;22-19(23)16-9-8-15(17-18(16)21-11-10-20-17)14-7-3-5-12-4-1-2-6-13(12)14;1-13-6-8-14(9-7-13)11-4-2-10(12)3-5-11/h5-18H,3-4,19H2,1-2H3,(H,32,33,35);1-11H,(H,22,23);2-5H,6-9,12H2,1H3. The van der Waals surface area contributed by atoms with Crippen LogP contribution in [0.2, 0.25) is 0 Å². The molecular formula is C59H56N10O3. The number of nitrogen functional groups attached to an aromatic ring is 1. The van der Waals surface area contributed by atoms with E-state index in [0.29, 0.717) is 33.4 Å². The molecule has 13 heteroatoms. The summed E-state index contributed by atoms with van der Waals surface area (Å²) in [6.45, 7) is 11.6. The zero-order valence-corrected chi connectivity index (χ0v) is 40.6. The van der Waals surface area contributed by atoms with Crippen molar-refractivity contribution < 1.29 is 14.7 Å². The van der Waals surface area contributed by atoms with Crippen LogP contribution in [0.3, 0.4) is 0 Å². The number of aromatic carboxylic acids is 1. The minimum Gasteiger partial charge on any atom is -0.478 e. The molecule has 72 heavy (non-hydrogen) atoms. The van der Waals surface area contributed by atoms with Crippen molar-refractivity contribution in [1.82, 2.24) is 34.7 Å². The molecule has 7 aromatic carbocycles. The van der Waals surface area contributed by atoms with Gasteiger partial charge in [0.2, 0.25) is 0 Å². The second kappa shape index (κ2) is 22.4. The monoisotopic (exact) mass is 952 g/mol. The quantitative estimate of drug-likeness (QED) is 0.111. The number of pyridine rings is 1. The van der Waals surface area contributed by atoms with Crippen molar-refractivity contribution in [2.75, 3.05) is 62.3 Å². The van der Waals surface area contributed by atoms with E-state index in [1.165, 1.54) is 11.9 Å². The number of nitrogens with two attached hydrogens (primary N) is 1. The van der Waals surface area contributed by atoms with Crippen LogP contribution < -0.4 is 16.0 Å². The molecule has 0 atom stereocenters. The molecule has 1 aliphatic heterocycles. The summed E-state index contributed by atoms with van der Waals surface area (Å²) in [6, 6.07) is 47.8. The van der Waals surface area contributed by atoms with Gasteiger partial charge in [-0.25, -0.2) is 9.78 Å². The summed E-state index contributed by atoms with van der Waals surface area (Å²) < 4.78 is 0. The first-order chi connectivity index (χ1) is 35.2. The molecular weight excluding hydrogens is 897 g/mol. The largest absolute Gasteiger partial charge is 0.478 e. The molecule has 360 valence electrons. The zero-order valence-electron chi connectivity index (χ0n) is 40.6. The van der Waals surface area contributed by atoms with Crippen molar-refractivity contribution in [2.24, 2.45) is 0 Å². The lowest BCUT2D eigenvalue weighted by atomic mass is 9.95. The molecule has 0 unspecified atom stereocenters. The van der Waals surface area contributed by atoms with E-state index in [2.05, 4.69) is 120 Å². The normalized spacial score (nSPS) is 12.6. The van der Waals surface area contributed by atoms with Crippen LogP contribution in [0.15, 0.2) is 177 Å². The van der Waals surface area contributed by atoms with Gasteiger partial charge < -0.3 is 26.0 Å². The number of benzene rings is 7. The lowest BCUT2D eigenvalue weighted by molar-refractivity contribution is 0.0698. The Hall–Kier alpha value is -8.65. The number of hydrogen-bond acceptors (Lipinski definition) is 11. The van der Waals surface area contributed by atoms with E-state index in [1.54, 1.807) is 24.7 Å². The van der Waals surface area contributed by atoms with Crippen LogP contribution in [0.25, 0.3) is 65.9 Å². The van der Waals surface area contributed by atoms with Crippen LogP contribution in [-0.4, -0.2) is 98.0 Å². The Labute approximate surface area is 418 Å². The minimum atomic E-state index is -1.00. The van der Waals surface area contributed by atoms with Crippen LogP contribution in [0.1, 0.15) is 40.1 Å². The molecule has 4 N–H and O–H groups in total. The minimum absolute atomic E-state index is 0.164. The predicted molar refractivity (Wildman–Crippen MR) is 291 cm³/mol. The number of likely N-dealkylation sites (N-methyl/N-ethyl adjacent to an activating group) is 1. The maximum absolute atomic E-state index is 13.2. The van der Waals surface area contributed by atoms with Gasteiger partial charge >= 0.3 is 5.97 Å². The highest BCUT2D eigenvalue weighted by atomic mass is 16.4. The average molecular weight is 953 g/mol. The van der Waals surface area contributed by atoms with Crippen molar-refractivity contribution in [2.45, 2.75) is 20.4 Å². The van der Waals surface area contributed by atoms with E-state index in [0.717, 1.165) is 101 Å². The van der Waals surface area contributed by atoms with Gasteiger partial charge in [0.15, 0.2) is 0 Å². The summed E-state index contributed by atoms with van der Waals surface area (Å²) in [7, 11) is 2.17. The van der Waals surface area contributed by atoms with Crippen LogP contribution in [0.4, 0.5) is 17.2 Å². The zero-order chi connectivity index (χ0) is 50.0. The third kappa shape index (κ3) is 10.9. The molecule has 4 heterocycles. The summed E-state index contributed by atoms with van der Waals surface area (Å²) in [5, 5.41) is 16.8. The van der Waals surface area contributed by atoms with E-state index in [4.69, 9.17) is 5.73 Å². The van der Waals surface area contributed by atoms with Gasteiger partial charge in [0.05, 0.1) is 22.2 Å². The van der Waals surface area contributed by atoms with Crippen molar-refractivity contribution in [3.8, 4) is 22.3 Å². The summed E-state index contributed by atoms with van der Waals surface area (Å²) in [4.78, 5) is 53.9. The molecule has 0 spiro atoms. The molecule has 1 aliphatic rings. The van der Waals surface area contributed by atoms with Crippen LogP contribution >= 0.6 is 0 Å². The van der Waals surface area contributed by atoms with Crippen LogP contribution in [0, 0.1) is 0 Å². The first-order valence-corrected chi connectivity index (χ1v) is 24.1. The molecule has 1 saturated heterocycles. The molecule has 0 saturated carbocycles. The number of piperazine rings is 1. The molecule has 1 amide bonds. The number of nitrogens with zero attached hydrogens (tertiary/aromatic N) is 8. The highest BCUT2D eigenvalue weighted by molar-refractivity contribution is 6.14. The van der Waals surface area contributed by atoms with Crippen molar-refractivity contribution in [1.29, 1.82) is 0 Å². The Balaban J connectivity index is 0.000000147. The number of aromatic nitrogens is 5. The third-order valence-corrected chi connectivity index (χ3v) is 13.0. The van der Waals surface area contributed by atoms with E-state index >= 15 is 0 Å². The number of hydrogen-bond donors (Lipinski definition) is 3. The Bertz CT molecular complexity index is 3490. The number of nitrogens with one attached hydrogen (secondary N) is 1. The summed E-state index contributed by atoms with van der Waals surface area (Å²) >= 11 is 0. The van der Waals surface area contributed by atoms with Gasteiger partial charge in [0, 0.05) is 86.2 Å². The first kappa shape index (κ1) is 48.4. The van der Waals surface area contributed by atoms with E-state index < -0.39 is 5.97 Å². The lowest BCUT2D eigenvalue weighted by Gasteiger charge is -2.34. The van der Waals surface area contributed by atoms with Crippen molar-refractivity contribution in [3.63, 3.8) is 0 Å². The van der Waals surface area contributed by atoms with Gasteiger partial charge in [0.1, 0.15) is 16.9 Å². The first-order valence-electron chi connectivity index (χ1n) is 24.1. The number of carbonyl (C=O) groups is 2.